The molecule has 33 heavy (non-hydrogen) atoms. The van der Waals surface area contributed by atoms with E-state index >= 15 is 0 Å². The zero-order valence-electron chi connectivity index (χ0n) is 18.6. The van der Waals surface area contributed by atoms with Crippen LogP contribution in [0, 0.1) is 6.92 Å². The number of fused-ring (bicyclic) bond motifs is 5. The average molecular weight is 439 g/mol. The van der Waals surface area contributed by atoms with Crippen LogP contribution in [0.2, 0.25) is 0 Å². The maximum Gasteiger partial charge on any atom is 0.410 e. The van der Waals surface area contributed by atoms with E-state index in [4.69, 9.17) is 9.47 Å². The molecule has 3 heterocycles. The third kappa shape index (κ3) is 3.53. The molecule has 3 aromatic rings. The lowest BCUT2D eigenvalue weighted by Crippen LogP contribution is -2.56. The van der Waals surface area contributed by atoms with Gasteiger partial charge in [0.2, 0.25) is 0 Å². The Labute approximate surface area is 193 Å². The average Bonchev–Trinajstić information content (AvgIpc) is 3.15. The molecule has 3 aliphatic rings. The Morgan fingerprint density at radius 3 is 2.42 bits per heavy atom. The summed E-state index contributed by atoms with van der Waals surface area (Å²) in [4.78, 5) is 19.8. The van der Waals surface area contributed by atoms with Crippen LogP contribution in [0.5, 0.6) is 0 Å². The van der Waals surface area contributed by atoms with Crippen molar-refractivity contribution in [3.05, 3.63) is 95.3 Å². The minimum atomic E-state index is -0.261. The number of carbonyl (C=O) groups excluding carboxylic acids is 1. The van der Waals surface area contributed by atoms with Gasteiger partial charge in [-0.2, -0.15) is 0 Å². The fraction of sp³-hybridized carbons (Fsp3) is 0.286. The van der Waals surface area contributed by atoms with Crippen LogP contribution in [-0.4, -0.2) is 47.9 Å². The number of carbonyl (C=O) groups is 1. The van der Waals surface area contributed by atoms with Gasteiger partial charge in [0.1, 0.15) is 6.61 Å². The maximum atomic E-state index is 13.3. The van der Waals surface area contributed by atoms with Crippen molar-refractivity contribution in [1.82, 2.24) is 9.88 Å². The number of hydrogen-bond acceptors (Lipinski definition) is 4. The zero-order chi connectivity index (χ0) is 22.4. The van der Waals surface area contributed by atoms with Gasteiger partial charge in [0.25, 0.3) is 0 Å². The summed E-state index contributed by atoms with van der Waals surface area (Å²) < 4.78 is 11.7. The molecule has 1 aromatic heterocycles. The molecule has 2 aliphatic heterocycles. The fourth-order valence-corrected chi connectivity index (χ4v) is 5.46. The molecule has 5 heteroatoms. The number of aromatic nitrogens is 1. The molecule has 0 spiro atoms. The summed E-state index contributed by atoms with van der Waals surface area (Å²) in [6.07, 6.45) is 2.58. The van der Waals surface area contributed by atoms with E-state index in [1.165, 1.54) is 27.8 Å². The van der Waals surface area contributed by atoms with Crippen molar-refractivity contribution in [3.8, 4) is 11.1 Å². The minimum absolute atomic E-state index is 0.0401. The van der Waals surface area contributed by atoms with Crippen LogP contribution >= 0.6 is 0 Å². The van der Waals surface area contributed by atoms with Crippen molar-refractivity contribution in [2.24, 2.45) is 0 Å². The topological polar surface area (TPSA) is 51.7 Å². The van der Waals surface area contributed by atoms with E-state index in [9.17, 15) is 4.79 Å². The molecule has 2 unspecified atom stereocenters. The van der Waals surface area contributed by atoms with Crippen molar-refractivity contribution in [2.45, 2.75) is 31.3 Å². The highest BCUT2D eigenvalue weighted by atomic mass is 16.6. The number of ether oxygens (including phenoxy) is 2. The van der Waals surface area contributed by atoms with Crippen molar-refractivity contribution >= 4 is 11.7 Å². The third-order valence-corrected chi connectivity index (χ3v) is 6.96. The molecule has 1 saturated heterocycles. The Bertz CT molecular complexity index is 1210. The van der Waals surface area contributed by atoms with Crippen molar-refractivity contribution < 1.29 is 14.3 Å². The highest BCUT2D eigenvalue weighted by molar-refractivity contribution is 5.79. The van der Waals surface area contributed by atoms with Crippen LogP contribution in [0.4, 0.5) is 4.79 Å². The van der Waals surface area contributed by atoms with Gasteiger partial charge in [-0.15, -0.1) is 0 Å². The van der Waals surface area contributed by atoms with Gasteiger partial charge in [0.15, 0.2) is 0 Å². The molecule has 1 amide bonds. The van der Waals surface area contributed by atoms with E-state index in [2.05, 4.69) is 59.6 Å². The molecule has 2 aromatic carbocycles. The predicted octanol–water partition coefficient (Wildman–Crippen LogP) is 5.20. The number of nitrogens with zero attached hydrogens (tertiary/aromatic N) is 2. The summed E-state index contributed by atoms with van der Waals surface area (Å²) in [5.74, 6) is 0.0600. The van der Waals surface area contributed by atoms with Crippen LogP contribution in [0.3, 0.4) is 0 Å². The molecule has 0 radical (unpaired) electrons. The third-order valence-electron chi connectivity index (χ3n) is 6.96. The second-order valence-corrected chi connectivity index (χ2v) is 9.03. The number of amides is 1. The molecule has 2 bridgehead atoms. The minimum Gasteiger partial charge on any atom is -0.448 e. The SMILES string of the molecule is Cc1cccc(C2=CC3COCC(C2)N3C(=O)OCC2c3ccccc3-c3ccccc32)n1. The monoisotopic (exact) mass is 438 g/mol. The summed E-state index contributed by atoms with van der Waals surface area (Å²) in [7, 11) is 0. The highest BCUT2D eigenvalue weighted by Crippen LogP contribution is 2.44. The standard InChI is InChI=1S/C28H26N2O3/c1-18-7-6-12-27(29-18)19-13-20-15-32-16-21(14-19)30(20)28(31)33-17-26-24-10-4-2-8-22(24)23-9-3-5-11-25(23)26/h2-13,20-21,26H,14-17H2,1H3. The van der Waals surface area contributed by atoms with Gasteiger partial charge in [-0.1, -0.05) is 60.7 Å². The number of pyridine rings is 1. The summed E-state index contributed by atoms with van der Waals surface area (Å²) in [5, 5.41) is 0. The predicted molar refractivity (Wildman–Crippen MR) is 127 cm³/mol. The second-order valence-electron chi connectivity index (χ2n) is 9.03. The van der Waals surface area contributed by atoms with E-state index in [0.717, 1.165) is 17.8 Å². The van der Waals surface area contributed by atoms with Gasteiger partial charge in [0.05, 0.1) is 31.0 Å². The summed E-state index contributed by atoms with van der Waals surface area (Å²) >= 11 is 0. The molecule has 0 N–H and O–H groups in total. The second kappa shape index (κ2) is 8.16. The lowest BCUT2D eigenvalue weighted by atomic mass is 9.92. The highest BCUT2D eigenvalue weighted by Gasteiger charge is 2.40. The van der Waals surface area contributed by atoms with Gasteiger partial charge >= 0.3 is 6.09 Å². The smallest absolute Gasteiger partial charge is 0.410 e. The van der Waals surface area contributed by atoms with Gasteiger partial charge in [-0.05, 0) is 53.3 Å². The Morgan fingerprint density at radius 2 is 1.73 bits per heavy atom. The molecule has 5 nitrogen and oxygen atoms in total. The Hall–Kier alpha value is -3.44. The first-order valence-corrected chi connectivity index (χ1v) is 11.5. The molecule has 1 aliphatic carbocycles. The summed E-state index contributed by atoms with van der Waals surface area (Å²) in [5.41, 5.74) is 8.07. The van der Waals surface area contributed by atoms with E-state index in [1.54, 1.807) is 0 Å². The van der Waals surface area contributed by atoms with E-state index in [-0.39, 0.29) is 24.1 Å². The van der Waals surface area contributed by atoms with Crippen LogP contribution in [0.1, 0.15) is 34.9 Å². The van der Waals surface area contributed by atoms with Crippen molar-refractivity contribution in [1.29, 1.82) is 0 Å². The Morgan fingerprint density at radius 1 is 1.00 bits per heavy atom. The van der Waals surface area contributed by atoms with Gasteiger partial charge in [0, 0.05) is 11.6 Å². The van der Waals surface area contributed by atoms with Crippen LogP contribution < -0.4 is 0 Å². The molecule has 2 atom stereocenters. The van der Waals surface area contributed by atoms with Crippen LogP contribution in [-0.2, 0) is 9.47 Å². The molecule has 6 rings (SSSR count). The number of hydrogen-bond donors (Lipinski definition) is 0. The largest absolute Gasteiger partial charge is 0.448 e. The van der Waals surface area contributed by atoms with Crippen molar-refractivity contribution in [3.63, 3.8) is 0 Å². The summed E-state index contributed by atoms with van der Waals surface area (Å²) in [6, 6.07) is 22.7. The molecular formula is C28H26N2O3. The first-order valence-electron chi connectivity index (χ1n) is 11.5. The number of rotatable bonds is 3. The quantitative estimate of drug-likeness (QED) is 0.564. The molecule has 1 fully saturated rings. The lowest BCUT2D eigenvalue weighted by Gasteiger charge is -2.43. The van der Waals surface area contributed by atoms with Crippen LogP contribution in [0.25, 0.3) is 16.7 Å². The number of aryl methyl sites for hydroxylation is 1. The Kier molecular flexibility index (Phi) is 4.99. The lowest BCUT2D eigenvalue weighted by molar-refractivity contribution is -0.0331. The summed E-state index contributed by atoms with van der Waals surface area (Å²) in [6.45, 7) is 3.33. The molecular weight excluding hydrogens is 412 g/mol. The van der Waals surface area contributed by atoms with Crippen LogP contribution in [0.15, 0.2) is 72.8 Å². The zero-order valence-corrected chi connectivity index (χ0v) is 18.6. The fourth-order valence-electron chi connectivity index (χ4n) is 5.46. The molecule has 166 valence electrons. The van der Waals surface area contributed by atoms with E-state index < -0.39 is 0 Å². The maximum absolute atomic E-state index is 13.3. The molecule has 0 saturated carbocycles. The number of benzene rings is 2. The first kappa shape index (κ1) is 20.2. The Balaban J connectivity index is 1.22. The van der Waals surface area contributed by atoms with E-state index in [0.29, 0.717) is 19.8 Å². The van der Waals surface area contributed by atoms with Gasteiger partial charge in [-0.3, -0.25) is 9.88 Å². The van der Waals surface area contributed by atoms with Crippen molar-refractivity contribution in [2.75, 3.05) is 19.8 Å². The van der Waals surface area contributed by atoms with E-state index in [1.807, 2.05) is 30.0 Å². The van der Waals surface area contributed by atoms with Gasteiger partial charge < -0.3 is 9.47 Å². The first-order chi connectivity index (χ1) is 16.2. The normalized spacial score (nSPS) is 21.2. The van der Waals surface area contributed by atoms with Gasteiger partial charge in [-0.25, -0.2) is 4.79 Å². The number of morpholine rings is 1.